The molecule has 4 amide bonds. The lowest BCUT2D eigenvalue weighted by Crippen LogP contribution is -2.49. The molecule has 166 valence electrons. The second-order valence-corrected chi connectivity index (χ2v) is 8.27. The highest BCUT2D eigenvalue weighted by molar-refractivity contribution is 6.38. The van der Waals surface area contributed by atoms with Crippen LogP contribution in [0.15, 0.2) is 18.2 Å². The molecule has 10 nitrogen and oxygen atoms in total. The maximum Gasteiger partial charge on any atom is 0.409 e. The minimum absolute atomic E-state index is 0.0322. The standard InChI is InChI=1S/C20H23ClN4O6/c1-9-6-10(17(27)22-9)7-15(16(26)19(29)23-12-3-4-12)24-18(28)13-8-11(21)2-5-14(13)25-20(30)31/h2,5,8-10,12,15,25H,3-4,6-7H2,1H3,(H,22,27)(H,23,29)(H,24,28)(H,30,31)/t9-,10+,15?/m1/s1. The molecule has 3 atom stereocenters. The number of halogens is 1. The summed E-state index contributed by atoms with van der Waals surface area (Å²) in [4.78, 5) is 61.2. The number of Topliss-reactive ketones (excluding diaryl/α,β-unsaturated/α-hetero) is 1. The van der Waals surface area contributed by atoms with Crippen LogP contribution in [0, 0.1) is 5.92 Å². The summed E-state index contributed by atoms with van der Waals surface area (Å²) in [6, 6.07) is 2.57. The molecule has 1 saturated carbocycles. The fraction of sp³-hybridized carbons (Fsp3) is 0.450. The minimum Gasteiger partial charge on any atom is -0.465 e. The predicted octanol–water partition coefficient (Wildman–Crippen LogP) is 1.29. The van der Waals surface area contributed by atoms with Gasteiger partial charge in [-0.25, -0.2) is 4.79 Å². The first-order valence-electron chi connectivity index (χ1n) is 9.89. The Bertz CT molecular complexity index is 932. The number of anilines is 1. The summed E-state index contributed by atoms with van der Waals surface area (Å²) in [5.41, 5.74) is -0.144. The van der Waals surface area contributed by atoms with Crippen LogP contribution in [0.2, 0.25) is 5.02 Å². The number of amides is 4. The van der Waals surface area contributed by atoms with Crippen molar-refractivity contribution >= 4 is 46.9 Å². The van der Waals surface area contributed by atoms with Crippen molar-refractivity contribution in [3.05, 3.63) is 28.8 Å². The molecule has 1 aromatic rings. The Morgan fingerprint density at radius 3 is 2.55 bits per heavy atom. The monoisotopic (exact) mass is 450 g/mol. The number of carbonyl (C=O) groups is 5. The van der Waals surface area contributed by atoms with Gasteiger partial charge in [-0.1, -0.05) is 11.6 Å². The van der Waals surface area contributed by atoms with Crippen molar-refractivity contribution in [1.82, 2.24) is 16.0 Å². The Hall–Kier alpha value is -3.14. The van der Waals surface area contributed by atoms with Gasteiger partial charge in [-0.05, 0) is 50.8 Å². The van der Waals surface area contributed by atoms with E-state index in [1.54, 1.807) is 0 Å². The zero-order chi connectivity index (χ0) is 22.7. The highest BCUT2D eigenvalue weighted by Crippen LogP contribution is 2.24. The summed E-state index contributed by atoms with van der Waals surface area (Å²) in [5, 5.41) is 19.1. The maximum atomic E-state index is 12.9. The molecule has 1 aliphatic carbocycles. The largest absolute Gasteiger partial charge is 0.465 e. The normalized spacial score (nSPS) is 21.0. The van der Waals surface area contributed by atoms with Gasteiger partial charge < -0.3 is 21.1 Å². The van der Waals surface area contributed by atoms with Crippen LogP contribution < -0.4 is 21.3 Å². The van der Waals surface area contributed by atoms with Gasteiger partial charge in [-0.2, -0.15) is 0 Å². The molecule has 2 fully saturated rings. The van der Waals surface area contributed by atoms with Crippen molar-refractivity contribution in [1.29, 1.82) is 0 Å². The third-order valence-electron chi connectivity index (χ3n) is 5.14. The van der Waals surface area contributed by atoms with Gasteiger partial charge in [0.1, 0.15) is 0 Å². The van der Waals surface area contributed by atoms with Gasteiger partial charge in [0.2, 0.25) is 11.7 Å². The first-order chi connectivity index (χ1) is 14.6. The van der Waals surface area contributed by atoms with E-state index in [-0.39, 0.29) is 40.7 Å². The summed E-state index contributed by atoms with van der Waals surface area (Å²) in [5.74, 6) is -3.28. The lowest BCUT2D eigenvalue weighted by atomic mass is 9.93. The van der Waals surface area contributed by atoms with Crippen molar-refractivity contribution < 1.29 is 29.1 Å². The lowest BCUT2D eigenvalue weighted by molar-refractivity contribution is -0.139. The summed E-state index contributed by atoms with van der Waals surface area (Å²) in [6.45, 7) is 1.82. The number of benzene rings is 1. The Kier molecular flexibility index (Phi) is 6.79. The van der Waals surface area contributed by atoms with Crippen molar-refractivity contribution in [3.63, 3.8) is 0 Å². The van der Waals surface area contributed by atoms with Crippen molar-refractivity contribution in [3.8, 4) is 0 Å². The number of carboxylic acid groups (broad SMARTS) is 1. The first-order valence-corrected chi connectivity index (χ1v) is 10.3. The minimum atomic E-state index is -1.38. The van der Waals surface area contributed by atoms with E-state index in [4.69, 9.17) is 16.7 Å². The quantitative estimate of drug-likeness (QED) is 0.376. The second-order valence-electron chi connectivity index (χ2n) is 7.84. The highest BCUT2D eigenvalue weighted by atomic mass is 35.5. The van der Waals surface area contributed by atoms with Gasteiger partial charge in [0.25, 0.3) is 11.8 Å². The Morgan fingerprint density at radius 2 is 1.97 bits per heavy atom. The summed E-state index contributed by atoms with van der Waals surface area (Å²) >= 11 is 5.94. The number of hydrogen-bond donors (Lipinski definition) is 5. The molecule has 31 heavy (non-hydrogen) atoms. The predicted molar refractivity (Wildman–Crippen MR) is 111 cm³/mol. The van der Waals surface area contributed by atoms with E-state index < -0.39 is 35.7 Å². The zero-order valence-corrected chi connectivity index (χ0v) is 17.5. The average Bonchev–Trinajstić information content (AvgIpc) is 3.44. The molecule has 1 aromatic carbocycles. The number of nitrogens with one attached hydrogen (secondary N) is 4. The van der Waals surface area contributed by atoms with E-state index in [0.717, 1.165) is 12.8 Å². The number of ketones is 1. The fourth-order valence-corrected chi connectivity index (χ4v) is 3.65. The smallest absolute Gasteiger partial charge is 0.409 e. The Balaban J connectivity index is 1.81. The Morgan fingerprint density at radius 1 is 1.26 bits per heavy atom. The van der Waals surface area contributed by atoms with Gasteiger partial charge in [-0.15, -0.1) is 0 Å². The molecule has 2 aliphatic rings. The van der Waals surface area contributed by atoms with E-state index >= 15 is 0 Å². The molecular weight excluding hydrogens is 428 g/mol. The SMILES string of the molecule is C[C@@H]1C[C@@H](CC(NC(=O)c2cc(Cl)ccc2NC(=O)O)C(=O)C(=O)NC2CC2)C(=O)N1. The average molecular weight is 451 g/mol. The molecule has 1 aliphatic heterocycles. The molecule has 0 spiro atoms. The van der Waals surface area contributed by atoms with Crippen LogP contribution in [-0.2, 0) is 14.4 Å². The summed E-state index contributed by atoms with van der Waals surface area (Å²) in [7, 11) is 0. The van der Waals surface area contributed by atoms with Crippen LogP contribution in [0.25, 0.3) is 0 Å². The van der Waals surface area contributed by atoms with Crippen molar-refractivity contribution in [2.75, 3.05) is 5.32 Å². The molecule has 1 saturated heterocycles. The van der Waals surface area contributed by atoms with Crippen LogP contribution in [0.4, 0.5) is 10.5 Å². The van der Waals surface area contributed by atoms with Gasteiger partial charge in [0, 0.05) is 23.0 Å². The highest BCUT2D eigenvalue weighted by Gasteiger charge is 2.37. The lowest BCUT2D eigenvalue weighted by Gasteiger charge is -2.20. The van der Waals surface area contributed by atoms with Crippen molar-refractivity contribution in [2.24, 2.45) is 5.92 Å². The summed E-state index contributed by atoms with van der Waals surface area (Å²) in [6.07, 6.45) is 0.591. The van der Waals surface area contributed by atoms with Gasteiger partial charge in [0.05, 0.1) is 17.3 Å². The van der Waals surface area contributed by atoms with E-state index in [2.05, 4.69) is 21.3 Å². The van der Waals surface area contributed by atoms with E-state index in [1.165, 1.54) is 18.2 Å². The Labute approximate surface area is 183 Å². The molecule has 3 rings (SSSR count). The van der Waals surface area contributed by atoms with E-state index in [1.807, 2.05) is 6.92 Å². The number of hydrogen-bond acceptors (Lipinski definition) is 5. The zero-order valence-electron chi connectivity index (χ0n) is 16.7. The molecule has 1 heterocycles. The third kappa shape index (κ3) is 5.94. The molecule has 5 N–H and O–H groups in total. The van der Waals surface area contributed by atoms with Crippen LogP contribution in [0.5, 0.6) is 0 Å². The number of carbonyl (C=O) groups excluding carboxylic acids is 4. The second kappa shape index (κ2) is 9.34. The molecule has 1 unspecified atom stereocenters. The molecule has 0 aromatic heterocycles. The van der Waals surface area contributed by atoms with Gasteiger partial charge in [0.15, 0.2) is 0 Å². The maximum absolute atomic E-state index is 12.9. The van der Waals surface area contributed by atoms with E-state index in [0.29, 0.717) is 6.42 Å². The molecule has 11 heteroatoms. The van der Waals surface area contributed by atoms with Gasteiger partial charge >= 0.3 is 6.09 Å². The summed E-state index contributed by atoms with van der Waals surface area (Å²) < 4.78 is 0. The van der Waals surface area contributed by atoms with Crippen LogP contribution in [0.1, 0.15) is 43.0 Å². The third-order valence-corrected chi connectivity index (χ3v) is 5.38. The molecule has 0 bridgehead atoms. The van der Waals surface area contributed by atoms with Gasteiger partial charge in [-0.3, -0.25) is 24.5 Å². The van der Waals surface area contributed by atoms with Crippen LogP contribution in [0.3, 0.4) is 0 Å². The fourth-order valence-electron chi connectivity index (χ4n) is 3.48. The van der Waals surface area contributed by atoms with Crippen LogP contribution in [-0.4, -0.2) is 52.8 Å². The number of rotatable bonds is 8. The topological polar surface area (TPSA) is 154 Å². The van der Waals surface area contributed by atoms with Crippen molar-refractivity contribution in [2.45, 2.75) is 50.7 Å². The first kappa shape index (κ1) is 22.5. The molecular formula is C20H23ClN4O6. The van der Waals surface area contributed by atoms with E-state index in [9.17, 15) is 24.0 Å². The van der Waals surface area contributed by atoms with Crippen LogP contribution >= 0.6 is 11.6 Å². The molecule has 0 radical (unpaired) electrons.